The summed E-state index contributed by atoms with van der Waals surface area (Å²) in [5.74, 6) is -1.53. The summed E-state index contributed by atoms with van der Waals surface area (Å²) in [5, 5.41) is 2.81. The zero-order valence-electron chi connectivity index (χ0n) is 18.6. The number of fused-ring (bicyclic) bond motifs is 1. The molecule has 0 bridgehead atoms. The number of amides is 3. The van der Waals surface area contributed by atoms with E-state index in [0.29, 0.717) is 10.8 Å². The van der Waals surface area contributed by atoms with Crippen LogP contribution in [0.1, 0.15) is 36.7 Å². The van der Waals surface area contributed by atoms with E-state index in [-0.39, 0.29) is 28.8 Å². The lowest BCUT2D eigenvalue weighted by Gasteiger charge is -2.30. The molecule has 176 valence electrons. The van der Waals surface area contributed by atoms with Crippen LogP contribution in [0.2, 0.25) is 0 Å². The highest BCUT2D eigenvalue weighted by atomic mass is 79.9. The third-order valence-electron chi connectivity index (χ3n) is 5.28. The molecule has 0 aromatic heterocycles. The van der Waals surface area contributed by atoms with Gasteiger partial charge in [0.05, 0.1) is 5.56 Å². The quantitative estimate of drug-likeness (QED) is 0.559. The van der Waals surface area contributed by atoms with Crippen molar-refractivity contribution in [2.24, 2.45) is 5.92 Å². The van der Waals surface area contributed by atoms with Crippen molar-refractivity contribution in [1.82, 2.24) is 14.5 Å². The minimum atomic E-state index is -4.14. The summed E-state index contributed by atoms with van der Waals surface area (Å²) in [7, 11) is -4.14. The monoisotopic (exact) mass is 535 g/mol. The molecule has 8 nitrogen and oxygen atoms in total. The Hall–Kier alpha value is -2.72. The first kappa shape index (κ1) is 24.9. The number of nitrogens with one attached hydrogen (secondary N) is 1. The normalized spacial score (nSPS) is 15.3. The summed E-state index contributed by atoms with van der Waals surface area (Å²) < 4.78 is 27.2. The van der Waals surface area contributed by atoms with Crippen molar-refractivity contribution in [3.63, 3.8) is 0 Å². The second kappa shape index (κ2) is 10.0. The number of carbonyl (C=O) groups excluding carboxylic acids is 3. The minimum absolute atomic E-state index is 0.0339. The first-order valence-electron chi connectivity index (χ1n) is 10.5. The van der Waals surface area contributed by atoms with Crippen LogP contribution in [0.3, 0.4) is 0 Å². The molecule has 0 aliphatic carbocycles. The molecule has 10 heteroatoms. The molecule has 3 amide bonds. The number of benzene rings is 2. The van der Waals surface area contributed by atoms with E-state index in [1.807, 2.05) is 26.0 Å². The first-order chi connectivity index (χ1) is 15.5. The molecular formula is C23H26BrN3O5S. The van der Waals surface area contributed by atoms with Crippen LogP contribution < -0.4 is 5.32 Å². The number of halogens is 1. The van der Waals surface area contributed by atoms with E-state index in [1.165, 1.54) is 23.1 Å². The molecule has 1 N–H and O–H groups in total. The van der Waals surface area contributed by atoms with Gasteiger partial charge in [0.2, 0.25) is 11.8 Å². The van der Waals surface area contributed by atoms with E-state index in [0.717, 1.165) is 10.0 Å². The Labute approximate surface area is 202 Å². The third-order valence-corrected chi connectivity index (χ3v) is 7.56. The van der Waals surface area contributed by atoms with Crippen LogP contribution in [0.15, 0.2) is 57.9 Å². The summed E-state index contributed by atoms with van der Waals surface area (Å²) in [6, 6.07) is 12.2. The van der Waals surface area contributed by atoms with Gasteiger partial charge in [-0.05, 0) is 42.7 Å². The number of rotatable bonds is 8. The highest BCUT2D eigenvalue weighted by Gasteiger charge is 2.43. The molecule has 0 saturated heterocycles. The molecule has 2 aromatic rings. The highest BCUT2D eigenvalue weighted by molar-refractivity contribution is 9.10. The lowest BCUT2D eigenvalue weighted by Crippen LogP contribution is -2.51. The van der Waals surface area contributed by atoms with Gasteiger partial charge in [0.15, 0.2) is 0 Å². The van der Waals surface area contributed by atoms with E-state index in [9.17, 15) is 22.8 Å². The molecule has 0 fully saturated rings. The average molecular weight is 536 g/mol. The van der Waals surface area contributed by atoms with Gasteiger partial charge in [-0.25, -0.2) is 12.7 Å². The maximum absolute atomic E-state index is 13.3. The molecule has 1 aliphatic heterocycles. The van der Waals surface area contributed by atoms with E-state index < -0.39 is 34.4 Å². The van der Waals surface area contributed by atoms with Crippen molar-refractivity contribution in [2.45, 2.75) is 38.3 Å². The molecular weight excluding hydrogens is 510 g/mol. The van der Waals surface area contributed by atoms with Gasteiger partial charge in [-0.1, -0.05) is 54.0 Å². The van der Waals surface area contributed by atoms with Crippen LogP contribution in [0.25, 0.3) is 0 Å². The molecule has 1 heterocycles. The van der Waals surface area contributed by atoms with E-state index >= 15 is 0 Å². The predicted molar refractivity (Wildman–Crippen MR) is 127 cm³/mol. The summed E-state index contributed by atoms with van der Waals surface area (Å²) >= 11 is 3.39. The topological polar surface area (TPSA) is 104 Å². The third kappa shape index (κ3) is 5.44. The Morgan fingerprint density at radius 2 is 1.79 bits per heavy atom. The summed E-state index contributed by atoms with van der Waals surface area (Å²) in [6.45, 7) is 5.32. The predicted octanol–water partition coefficient (Wildman–Crippen LogP) is 2.78. The summed E-state index contributed by atoms with van der Waals surface area (Å²) in [4.78, 5) is 40.0. The van der Waals surface area contributed by atoms with Crippen molar-refractivity contribution in [1.29, 1.82) is 0 Å². The van der Waals surface area contributed by atoms with E-state index in [4.69, 9.17) is 0 Å². The maximum Gasteiger partial charge on any atom is 0.269 e. The van der Waals surface area contributed by atoms with Gasteiger partial charge in [0.25, 0.3) is 15.9 Å². The summed E-state index contributed by atoms with van der Waals surface area (Å²) in [6.07, 6.45) is 0. The highest BCUT2D eigenvalue weighted by Crippen LogP contribution is 2.30. The molecule has 0 spiro atoms. The Morgan fingerprint density at radius 1 is 1.09 bits per heavy atom. The van der Waals surface area contributed by atoms with Crippen molar-refractivity contribution in [3.8, 4) is 0 Å². The number of hydrogen-bond acceptors (Lipinski definition) is 5. The van der Waals surface area contributed by atoms with Gasteiger partial charge in [-0.3, -0.25) is 14.4 Å². The SMILES string of the molecule is CC(C)CNC(=O)[C@@H](C)N(Cc1cccc(Br)c1)C(=O)CN1C(=O)c2ccccc2S1(=O)=O. The van der Waals surface area contributed by atoms with Crippen LogP contribution in [0.4, 0.5) is 0 Å². The van der Waals surface area contributed by atoms with E-state index in [1.54, 1.807) is 25.1 Å². The molecule has 33 heavy (non-hydrogen) atoms. The molecule has 3 rings (SSSR count). The zero-order valence-corrected chi connectivity index (χ0v) is 21.0. The Bertz CT molecular complexity index is 1180. The molecule has 1 aliphatic rings. The lowest BCUT2D eigenvalue weighted by molar-refractivity contribution is -0.140. The Morgan fingerprint density at radius 3 is 2.42 bits per heavy atom. The van der Waals surface area contributed by atoms with Crippen molar-refractivity contribution in [3.05, 3.63) is 64.1 Å². The maximum atomic E-state index is 13.3. The Balaban J connectivity index is 1.87. The minimum Gasteiger partial charge on any atom is -0.354 e. The zero-order chi connectivity index (χ0) is 24.3. The van der Waals surface area contributed by atoms with Gasteiger partial charge in [0, 0.05) is 17.6 Å². The van der Waals surface area contributed by atoms with Crippen LogP contribution in [0.5, 0.6) is 0 Å². The second-order valence-corrected chi connectivity index (χ2v) is 11.0. The number of sulfonamides is 1. The van der Waals surface area contributed by atoms with Crippen LogP contribution in [-0.4, -0.2) is 54.5 Å². The van der Waals surface area contributed by atoms with Crippen molar-refractivity contribution < 1.29 is 22.8 Å². The number of carbonyl (C=O) groups is 3. The summed E-state index contributed by atoms with van der Waals surface area (Å²) in [5.41, 5.74) is 0.784. The lowest BCUT2D eigenvalue weighted by atomic mass is 10.1. The average Bonchev–Trinajstić information content (AvgIpc) is 2.96. The van der Waals surface area contributed by atoms with Crippen LogP contribution in [-0.2, 0) is 26.2 Å². The fourth-order valence-electron chi connectivity index (χ4n) is 3.47. The molecule has 2 aromatic carbocycles. The Kier molecular flexibility index (Phi) is 7.58. The second-order valence-electron chi connectivity index (χ2n) is 8.28. The van der Waals surface area contributed by atoms with Gasteiger partial charge in [-0.15, -0.1) is 0 Å². The number of hydrogen-bond donors (Lipinski definition) is 1. The smallest absolute Gasteiger partial charge is 0.269 e. The van der Waals surface area contributed by atoms with Gasteiger partial charge in [0.1, 0.15) is 17.5 Å². The fraction of sp³-hybridized carbons (Fsp3) is 0.348. The van der Waals surface area contributed by atoms with Crippen molar-refractivity contribution >= 4 is 43.7 Å². The standard InChI is InChI=1S/C23H26BrN3O5S/c1-15(2)12-25-22(29)16(3)26(13-17-7-6-8-18(24)11-17)21(28)14-27-23(30)19-9-4-5-10-20(19)33(27,31)32/h4-11,15-16H,12-14H2,1-3H3,(H,25,29)/t16-/m1/s1. The van der Waals surface area contributed by atoms with Crippen LogP contribution in [0, 0.1) is 5.92 Å². The van der Waals surface area contributed by atoms with Crippen LogP contribution >= 0.6 is 15.9 Å². The molecule has 0 saturated carbocycles. The molecule has 0 unspecified atom stereocenters. The fourth-order valence-corrected chi connectivity index (χ4v) is 5.43. The van der Waals surface area contributed by atoms with Gasteiger partial charge >= 0.3 is 0 Å². The largest absolute Gasteiger partial charge is 0.354 e. The molecule has 0 radical (unpaired) electrons. The van der Waals surface area contributed by atoms with Gasteiger partial charge in [-0.2, -0.15) is 0 Å². The van der Waals surface area contributed by atoms with Crippen molar-refractivity contribution in [2.75, 3.05) is 13.1 Å². The number of nitrogens with zero attached hydrogens (tertiary/aromatic N) is 2. The molecule has 1 atom stereocenters. The first-order valence-corrected chi connectivity index (χ1v) is 12.7. The van der Waals surface area contributed by atoms with Gasteiger partial charge < -0.3 is 10.2 Å². The van der Waals surface area contributed by atoms with E-state index in [2.05, 4.69) is 21.2 Å².